The minimum absolute atomic E-state index is 0.209. The van der Waals surface area contributed by atoms with Crippen LogP contribution in [0.25, 0.3) is 0 Å². The van der Waals surface area contributed by atoms with Crippen molar-refractivity contribution in [2.45, 2.75) is 19.6 Å². The number of amides is 1. The second-order valence-corrected chi connectivity index (χ2v) is 4.42. The third kappa shape index (κ3) is 4.11. The van der Waals surface area contributed by atoms with Crippen molar-refractivity contribution >= 4 is 21.8 Å². The molecule has 1 amide bonds. The van der Waals surface area contributed by atoms with Gasteiger partial charge in [0.25, 0.3) is 5.91 Å². The molecule has 1 unspecified atom stereocenters. The molecule has 0 aliphatic carbocycles. The first-order chi connectivity index (χ1) is 8.06. The molecule has 1 rings (SSSR count). The molecule has 0 saturated heterocycles. The molecule has 0 aliphatic rings. The Morgan fingerprint density at radius 1 is 1.47 bits per heavy atom. The van der Waals surface area contributed by atoms with E-state index in [0.717, 1.165) is 15.1 Å². The first-order valence-corrected chi connectivity index (χ1v) is 6.02. The molecule has 0 bridgehead atoms. The Morgan fingerprint density at radius 2 is 2.12 bits per heavy atom. The van der Waals surface area contributed by atoms with Crippen molar-refractivity contribution in [3.05, 3.63) is 34.3 Å². The van der Waals surface area contributed by atoms with Gasteiger partial charge in [-0.2, -0.15) is 0 Å². The quantitative estimate of drug-likeness (QED) is 0.784. The van der Waals surface area contributed by atoms with E-state index in [1.165, 1.54) is 7.11 Å². The van der Waals surface area contributed by atoms with Crippen LogP contribution in [0.4, 0.5) is 0 Å². The fourth-order valence-electron chi connectivity index (χ4n) is 1.25. The number of rotatable bonds is 5. The average molecular weight is 302 g/mol. The zero-order valence-electron chi connectivity index (χ0n) is 10.1. The maximum absolute atomic E-state index is 11.6. The Labute approximate surface area is 110 Å². The highest BCUT2D eigenvalue weighted by Crippen LogP contribution is 2.17. The Balaban J connectivity index is 2.51. The number of nitrogens with zero attached hydrogens (tertiary/aromatic N) is 1. The molecule has 0 fully saturated rings. The van der Waals surface area contributed by atoms with Gasteiger partial charge in [0.05, 0.1) is 13.7 Å². The van der Waals surface area contributed by atoms with Gasteiger partial charge in [0.15, 0.2) is 0 Å². The first-order valence-electron chi connectivity index (χ1n) is 5.23. The largest absolute Gasteiger partial charge is 0.364 e. The SMILES string of the molecule is CON(C)C(=O)C(C)OCc1ccccc1Br. The van der Waals surface area contributed by atoms with Gasteiger partial charge in [0.2, 0.25) is 0 Å². The minimum Gasteiger partial charge on any atom is -0.364 e. The number of likely N-dealkylation sites (N-methyl/N-ethyl adjacent to an activating group) is 1. The van der Waals surface area contributed by atoms with Crippen LogP contribution in [0.3, 0.4) is 0 Å². The van der Waals surface area contributed by atoms with Crippen molar-refractivity contribution in [2.75, 3.05) is 14.2 Å². The highest BCUT2D eigenvalue weighted by Gasteiger charge is 2.18. The summed E-state index contributed by atoms with van der Waals surface area (Å²) in [5.74, 6) is -0.209. The van der Waals surface area contributed by atoms with E-state index in [-0.39, 0.29) is 5.91 Å². The van der Waals surface area contributed by atoms with Gasteiger partial charge >= 0.3 is 0 Å². The van der Waals surface area contributed by atoms with E-state index in [1.54, 1.807) is 14.0 Å². The minimum atomic E-state index is -0.535. The van der Waals surface area contributed by atoms with Gasteiger partial charge in [-0.1, -0.05) is 34.1 Å². The fraction of sp³-hybridized carbons (Fsp3) is 0.417. The van der Waals surface area contributed by atoms with E-state index in [0.29, 0.717) is 6.61 Å². The van der Waals surface area contributed by atoms with E-state index in [2.05, 4.69) is 15.9 Å². The number of hydrogen-bond acceptors (Lipinski definition) is 3. The highest BCUT2D eigenvalue weighted by atomic mass is 79.9. The molecule has 1 aromatic carbocycles. The lowest BCUT2D eigenvalue weighted by Gasteiger charge is -2.19. The van der Waals surface area contributed by atoms with Gasteiger partial charge in [0, 0.05) is 11.5 Å². The summed E-state index contributed by atoms with van der Waals surface area (Å²) < 4.78 is 6.46. The van der Waals surface area contributed by atoms with Gasteiger partial charge < -0.3 is 4.74 Å². The molecule has 5 heteroatoms. The number of ether oxygens (including phenoxy) is 1. The monoisotopic (exact) mass is 301 g/mol. The van der Waals surface area contributed by atoms with Crippen LogP contribution in [0.1, 0.15) is 12.5 Å². The number of carbonyl (C=O) groups excluding carboxylic acids is 1. The summed E-state index contributed by atoms with van der Waals surface area (Å²) in [7, 11) is 3.00. The van der Waals surface area contributed by atoms with E-state index < -0.39 is 6.10 Å². The Morgan fingerprint density at radius 3 is 2.71 bits per heavy atom. The molecule has 0 saturated carbocycles. The second-order valence-electron chi connectivity index (χ2n) is 3.56. The average Bonchev–Trinajstić information content (AvgIpc) is 2.35. The van der Waals surface area contributed by atoms with Crippen LogP contribution in [-0.4, -0.2) is 31.2 Å². The van der Waals surface area contributed by atoms with E-state index in [1.807, 2.05) is 24.3 Å². The van der Waals surface area contributed by atoms with Crippen LogP contribution in [0.15, 0.2) is 28.7 Å². The highest BCUT2D eigenvalue weighted by molar-refractivity contribution is 9.10. The molecular formula is C12H16BrNO3. The Bertz CT molecular complexity index is 384. The molecule has 1 aromatic rings. The lowest BCUT2D eigenvalue weighted by atomic mass is 10.2. The van der Waals surface area contributed by atoms with Crippen LogP contribution < -0.4 is 0 Å². The first kappa shape index (κ1) is 14.2. The normalized spacial score (nSPS) is 12.2. The number of benzene rings is 1. The van der Waals surface area contributed by atoms with Crippen LogP contribution >= 0.6 is 15.9 Å². The second kappa shape index (κ2) is 6.74. The van der Waals surface area contributed by atoms with Crippen LogP contribution in [-0.2, 0) is 21.0 Å². The smallest absolute Gasteiger partial charge is 0.274 e. The molecule has 0 spiro atoms. The van der Waals surface area contributed by atoms with Crippen LogP contribution in [0.5, 0.6) is 0 Å². The number of hydroxylamine groups is 2. The van der Waals surface area contributed by atoms with Gasteiger partial charge in [-0.05, 0) is 18.6 Å². The maximum atomic E-state index is 11.6. The standard InChI is InChI=1S/C12H16BrNO3/c1-9(12(15)14(2)16-3)17-8-10-6-4-5-7-11(10)13/h4-7,9H,8H2,1-3H3. The van der Waals surface area contributed by atoms with Gasteiger partial charge in [-0.25, -0.2) is 5.06 Å². The van der Waals surface area contributed by atoms with Gasteiger partial charge in [-0.3, -0.25) is 9.63 Å². The van der Waals surface area contributed by atoms with Crippen molar-refractivity contribution < 1.29 is 14.4 Å². The molecule has 4 nitrogen and oxygen atoms in total. The molecule has 0 aliphatic heterocycles. The van der Waals surface area contributed by atoms with Crippen molar-refractivity contribution in [3.63, 3.8) is 0 Å². The lowest BCUT2D eigenvalue weighted by Crippen LogP contribution is -2.35. The predicted octanol–water partition coefficient (Wildman–Crippen LogP) is 2.37. The number of hydrogen-bond donors (Lipinski definition) is 0. The molecule has 0 N–H and O–H groups in total. The molecular weight excluding hydrogens is 286 g/mol. The molecule has 0 aromatic heterocycles. The van der Waals surface area contributed by atoms with Crippen LogP contribution in [0.2, 0.25) is 0 Å². The van der Waals surface area contributed by atoms with Crippen molar-refractivity contribution in [1.82, 2.24) is 5.06 Å². The molecule has 1 atom stereocenters. The van der Waals surface area contributed by atoms with E-state index >= 15 is 0 Å². The summed E-state index contributed by atoms with van der Waals surface area (Å²) in [5, 5.41) is 1.16. The Kier molecular flexibility index (Phi) is 5.61. The fourth-order valence-corrected chi connectivity index (χ4v) is 1.65. The number of halogens is 1. The summed E-state index contributed by atoms with van der Waals surface area (Å²) in [4.78, 5) is 16.4. The van der Waals surface area contributed by atoms with Crippen molar-refractivity contribution in [2.24, 2.45) is 0 Å². The molecule has 0 heterocycles. The van der Waals surface area contributed by atoms with Gasteiger partial charge in [0.1, 0.15) is 6.10 Å². The third-order valence-electron chi connectivity index (χ3n) is 2.38. The maximum Gasteiger partial charge on any atom is 0.274 e. The summed E-state index contributed by atoms with van der Waals surface area (Å²) in [6.07, 6.45) is -0.535. The Hall–Kier alpha value is -0.910. The molecule has 0 radical (unpaired) electrons. The van der Waals surface area contributed by atoms with Crippen molar-refractivity contribution in [1.29, 1.82) is 0 Å². The number of carbonyl (C=O) groups is 1. The summed E-state index contributed by atoms with van der Waals surface area (Å²) >= 11 is 3.43. The summed E-state index contributed by atoms with van der Waals surface area (Å²) in [6.45, 7) is 2.08. The lowest BCUT2D eigenvalue weighted by molar-refractivity contribution is -0.180. The predicted molar refractivity (Wildman–Crippen MR) is 68.2 cm³/mol. The zero-order chi connectivity index (χ0) is 12.8. The third-order valence-corrected chi connectivity index (χ3v) is 3.15. The zero-order valence-corrected chi connectivity index (χ0v) is 11.7. The summed E-state index contributed by atoms with van der Waals surface area (Å²) in [5.41, 5.74) is 1.01. The topological polar surface area (TPSA) is 38.8 Å². The molecule has 17 heavy (non-hydrogen) atoms. The molecule has 94 valence electrons. The van der Waals surface area contributed by atoms with Gasteiger partial charge in [-0.15, -0.1) is 0 Å². The van der Waals surface area contributed by atoms with Crippen LogP contribution in [0, 0.1) is 0 Å². The van der Waals surface area contributed by atoms with E-state index in [4.69, 9.17) is 9.57 Å². The summed E-state index contributed by atoms with van der Waals surface area (Å²) in [6, 6.07) is 7.74. The van der Waals surface area contributed by atoms with E-state index in [9.17, 15) is 4.79 Å². The van der Waals surface area contributed by atoms with Crippen molar-refractivity contribution in [3.8, 4) is 0 Å².